The molecule has 0 atom stereocenters. The van der Waals surface area contributed by atoms with Gasteiger partial charge in [-0.25, -0.2) is 9.97 Å². The molecule has 1 aromatic heterocycles. The van der Waals surface area contributed by atoms with Crippen molar-refractivity contribution in [3.05, 3.63) is 17.0 Å². The molecule has 5 nitrogen and oxygen atoms in total. The number of nitrogens with one attached hydrogen (secondary N) is 1. The fourth-order valence-corrected chi connectivity index (χ4v) is 1.32. The van der Waals surface area contributed by atoms with E-state index in [1.165, 1.54) is 13.1 Å². The van der Waals surface area contributed by atoms with E-state index in [2.05, 4.69) is 15.3 Å². The number of hydrogen-bond donors (Lipinski definition) is 2. The number of anilines is 1. The lowest BCUT2D eigenvalue weighted by Gasteiger charge is -2.23. The van der Waals surface area contributed by atoms with Crippen LogP contribution in [0.2, 0.25) is 5.15 Å². The summed E-state index contributed by atoms with van der Waals surface area (Å²) in [5.74, 6) is 0.194. The zero-order valence-electron chi connectivity index (χ0n) is 9.41. The Kier molecular flexibility index (Phi) is 3.83. The number of hydrogen-bond acceptors (Lipinski definition) is 5. The molecule has 1 aromatic rings. The summed E-state index contributed by atoms with van der Waals surface area (Å²) in [5.41, 5.74) is -0.371. The molecule has 16 heavy (non-hydrogen) atoms. The molecule has 0 radical (unpaired) electrons. The number of halogens is 1. The van der Waals surface area contributed by atoms with Crippen LogP contribution in [-0.4, -0.2) is 33.0 Å². The lowest BCUT2D eigenvalue weighted by Crippen LogP contribution is -2.35. The molecule has 1 heterocycles. The van der Waals surface area contributed by atoms with Gasteiger partial charge in [0.25, 0.3) is 0 Å². The summed E-state index contributed by atoms with van der Waals surface area (Å²) >= 11 is 5.80. The van der Waals surface area contributed by atoms with Gasteiger partial charge >= 0.3 is 0 Å². The van der Waals surface area contributed by atoms with Crippen molar-refractivity contribution >= 4 is 23.2 Å². The first-order chi connectivity index (χ1) is 7.35. The first-order valence-corrected chi connectivity index (χ1v) is 5.16. The fourth-order valence-electron chi connectivity index (χ4n) is 1.05. The van der Waals surface area contributed by atoms with E-state index in [-0.39, 0.29) is 23.2 Å². The molecular weight excluding hydrogens is 230 g/mol. The molecule has 88 valence electrons. The van der Waals surface area contributed by atoms with Crippen molar-refractivity contribution in [2.75, 3.05) is 11.9 Å². The molecule has 6 heteroatoms. The van der Waals surface area contributed by atoms with Crippen molar-refractivity contribution in [1.29, 1.82) is 0 Å². The lowest BCUT2D eigenvalue weighted by atomic mass is 10.1. The van der Waals surface area contributed by atoms with Crippen molar-refractivity contribution in [3.8, 4) is 0 Å². The van der Waals surface area contributed by atoms with Gasteiger partial charge in [-0.15, -0.1) is 0 Å². The van der Waals surface area contributed by atoms with Crippen molar-refractivity contribution in [2.24, 2.45) is 0 Å². The maximum Gasteiger partial charge on any atom is 0.181 e. The monoisotopic (exact) mass is 243 g/mol. The molecule has 0 aromatic carbocycles. The Morgan fingerprint density at radius 2 is 2.25 bits per heavy atom. The summed E-state index contributed by atoms with van der Waals surface area (Å²) < 4.78 is 0. The number of aromatic nitrogens is 2. The van der Waals surface area contributed by atoms with E-state index in [1.807, 2.05) is 13.8 Å². The summed E-state index contributed by atoms with van der Waals surface area (Å²) in [5, 5.41) is 12.1. The van der Waals surface area contributed by atoms with Gasteiger partial charge in [0.05, 0.1) is 18.3 Å². The van der Waals surface area contributed by atoms with Gasteiger partial charge in [0.1, 0.15) is 11.5 Å². The smallest absolute Gasteiger partial charge is 0.181 e. The summed E-state index contributed by atoms with van der Waals surface area (Å²) in [7, 11) is 0. The molecule has 0 amide bonds. The van der Waals surface area contributed by atoms with Crippen LogP contribution in [0.5, 0.6) is 0 Å². The van der Waals surface area contributed by atoms with Gasteiger partial charge < -0.3 is 10.4 Å². The number of nitrogens with zero attached hydrogens (tertiary/aromatic N) is 2. The second kappa shape index (κ2) is 4.76. The molecule has 0 unspecified atom stereocenters. The average molecular weight is 244 g/mol. The second-order valence-electron chi connectivity index (χ2n) is 4.12. The second-order valence-corrected chi connectivity index (χ2v) is 4.48. The number of Topliss-reactive ketones (excluding diaryl/α,β-unsaturated/α-hetero) is 1. The molecule has 0 bridgehead atoms. The normalized spacial score (nSPS) is 11.3. The highest BCUT2D eigenvalue weighted by Gasteiger charge is 2.18. The van der Waals surface area contributed by atoms with Crippen LogP contribution >= 0.6 is 11.6 Å². The number of ketones is 1. The van der Waals surface area contributed by atoms with E-state index in [4.69, 9.17) is 16.7 Å². The maximum absolute atomic E-state index is 11.1. The Bertz CT molecular complexity index is 407. The highest BCUT2D eigenvalue weighted by Crippen LogP contribution is 2.17. The molecule has 2 N–H and O–H groups in total. The fraction of sp³-hybridized carbons (Fsp3) is 0.500. The van der Waals surface area contributed by atoms with Gasteiger partial charge in [-0.2, -0.15) is 0 Å². The molecule has 0 aliphatic carbocycles. The SMILES string of the molecule is CC(=O)c1ncc(NC(C)(C)CO)nc1Cl. The first kappa shape index (κ1) is 12.9. The van der Waals surface area contributed by atoms with Gasteiger partial charge in [0.15, 0.2) is 10.9 Å². The number of rotatable bonds is 4. The van der Waals surface area contributed by atoms with Crippen LogP contribution in [-0.2, 0) is 0 Å². The van der Waals surface area contributed by atoms with Gasteiger partial charge in [0.2, 0.25) is 0 Å². The van der Waals surface area contributed by atoms with E-state index in [0.717, 1.165) is 0 Å². The molecule has 0 saturated carbocycles. The minimum absolute atomic E-state index is 0.0548. The van der Waals surface area contributed by atoms with Crippen molar-refractivity contribution in [2.45, 2.75) is 26.3 Å². The van der Waals surface area contributed by atoms with Crippen LogP contribution in [0, 0.1) is 0 Å². The molecule has 0 aliphatic rings. The van der Waals surface area contributed by atoms with Gasteiger partial charge in [-0.3, -0.25) is 4.79 Å². The van der Waals surface area contributed by atoms with E-state index in [1.54, 1.807) is 0 Å². The average Bonchev–Trinajstić information content (AvgIpc) is 2.16. The van der Waals surface area contributed by atoms with E-state index in [9.17, 15) is 4.79 Å². The Hall–Kier alpha value is -1.20. The topological polar surface area (TPSA) is 75.1 Å². The van der Waals surface area contributed by atoms with Crippen molar-refractivity contribution in [3.63, 3.8) is 0 Å². The molecule has 1 rings (SSSR count). The first-order valence-electron chi connectivity index (χ1n) is 4.78. The standard InChI is InChI=1S/C10H14ClN3O2/c1-6(16)8-9(11)13-7(4-12-8)14-10(2,3)5-15/h4,15H,5H2,1-3H3,(H,13,14). The minimum Gasteiger partial charge on any atom is -0.394 e. The van der Waals surface area contributed by atoms with Gasteiger partial charge in [0, 0.05) is 6.92 Å². The highest BCUT2D eigenvalue weighted by molar-refractivity contribution is 6.32. The quantitative estimate of drug-likeness (QED) is 0.785. The van der Waals surface area contributed by atoms with Gasteiger partial charge in [-0.05, 0) is 13.8 Å². The molecule has 0 saturated heterocycles. The Balaban J connectivity index is 2.94. The van der Waals surface area contributed by atoms with Crippen molar-refractivity contribution in [1.82, 2.24) is 9.97 Å². The molecule has 0 spiro atoms. The van der Waals surface area contributed by atoms with Gasteiger partial charge in [-0.1, -0.05) is 11.6 Å². The van der Waals surface area contributed by atoms with E-state index < -0.39 is 5.54 Å². The van der Waals surface area contributed by atoms with Crippen LogP contribution in [0.25, 0.3) is 0 Å². The van der Waals surface area contributed by atoms with Crippen LogP contribution in [0.15, 0.2) is 6.20 Å². The Morgan fingerprint density at radius 1 is 1.62 bits per heavy atom. The third kappa shape index (κ3) is 3.15. The zero-order valence-corrected chi connectivity index (χ0v) is 10.2. The lowest BCUT2D eigenvalue weighted by molar-refractivity contribution is 0.101. The van der Waals surface area contributed by atoms with Crippen LogP contribution in [0.3, 0.4) is 0 Å². The largest absolute Gasteiger partial charge is 0.394 e. The summed E-state index contributed by atoms with van der Waals surface area (Å²) in [6, 6.07) is 0. The third-order valence-electron chi connectivity index (χ3n) is 1.93. The number of carbonyl (C=O) groups is 1. The Morgan fingerprint density at radius 3 is 2.69 bits per heavy atom. The van der Waals surface area contributed by atoms with Crippen LogP contribution < -0.4 is 5.32 Å². The number of aliphatic hydroxyl groups is 1. The summed E-state index contributed by atoms with van der Waals surface area (Å²) in [6.07, 6.45) is 1.42. The van der Waals surface area contributed by atoms with E-state index >= 15 is 0 Å². The predicted molar refractivity (Wildman–Crippen MR) is 61.8 cm³/mol. The molecule has 0 fully saturated rings. The molecule has 0 aliphatic heterocycles. The number of carbonyl (C=O) groups excluding carboxylic acids is 1. The van der Waals surface area contributed by atoms with E-state index in [0.29, 0.717) is 5.82 Å². The minimum atomic E-state index is -0.518. The number of aliphatic hydroxyl groups excluding tert-OH is 1. The molecular formula is C10H14ClN3O2. The van der Waals surface area contributed by atoms with Crippen LogP contribution in [0.1, 0.15) is 31.3 Å². The third-order valence-corrected chi connectivity index (χ3v) is 2.19. The summed E-state index contributed by atoms with van der Waals surface area (Å²) in [4.78, 5) is 19.0. The zero-order chi connectivity index (χ0) is 12.3. The highest BCUT2D eigenvalue weighted by atomic mass is 35.5. The van der Waals surface area contributed by atoms with Crippen LogP contribution in [0.4, 0.5) is 5.82 Å². The van der Waals surface area contributed by atoms with Crippen molar-refractivity contribution < 1.29 is 9.90 Å². The maximum atomic E-state index is 11.1. The predicted octanol–water partition coefficient (Wildman–Crippen LogP) is 1.52. The summed E-state index contributed by atoms with van der Waals surface area (Å²) in [6.45, 7) is 4.93. The Labute approximate surface area is 98.9 Å².